The molecular formula is C20H19Cl2N5O4S. The SMILES string of the molecule is O=C(CCc1ncc(-c2ccc(Cl)cc2Cl)o1)NNC(=O)c1csc(N2CCOCC2)n1. The van der Waals surface area contributed by atoms with Crippen molar-refractivity contribution in [2.75, 3.05) is 31.2 Å². The molecule has 168 valence electrons. The largest absolute Gasteiger partial charge is 0.441 e. The number of hydrogen-bond donors (Lipinski definition) is 2. The molecule has 9 nitrogen and oxygen atoms in total. The third kappa shape index (κ3) is 5.57. The Labute approximate surface area is 197 Å². The van der Waals surface area contributed by atoms with E-state index in [2.05, 4.69) is 25.7 Å². The average Bonchev–Trinajstić information content (AvgIpc) is 3.47. The van der Waals surface area contributed by atoms with Gasteiger partial charge in [-0.05, 0) is 18.2 Å². The van der Waals surface area contributed by atoms with Crippen molar-refractivity contribution in [3.8, 4) is 11.3 Å². The zero-order valence-corrected chi connectivity index (χ0v) is 19.1. The number of anilines is 1. The number of thiazole rings is 1. The minimum atomic E-state index is -0.482. The fraction of sp³-hybridized carbons (Fsp3) is 0.300. The lowest BCUT2D eigenvalue weighted by Gasteiger charge is -2.25. The number of ether oxygens (including phenoxy) is 1. The summed E-state index contributed by atoms with van der Waals surface area (Å²) >= 11 is 13.5. The molecule has 1 aliphatic rings. The number of benzene rings is 1. The molecule has 0 radical (unpaired) electrons. The van der Waals surface area contributed by atoms with Crippen LogP contribution >= 0.6 is 34.5 Å². The molecule has 3 heterocycles. The van der Waals surface area contributed by atoms with Crippen LogP contribution in [0.3, 0.4) is 0 Å². The summed E-state index contributed by atoms with van der Waals surface area (Å²) in [7, 11) is 0. The molecule has 2 aromatic heterocycles. The average molecular weight is 496 g/mol. The number of nitrogens with zero attached hydrogens (tertiary/aromatic N) is 3. The van der Waals surface area contributed by atoms with Gasteiger partial charge in [-0.3, -0.25) is 20.4 Å². The first-order valence-electron chi connectivity index (χ1n) is 9.77. The van der Waals surface area contributed by atoms with Crippen molar-refractivity contribution < 1.29 is 18.7 Å². The first kappa shape index (κ1) is 22.5. The van der Waals surface area contributed by atoms with Crippen molar-refractivity contribution in [1.82, 2.24) is 20.8 Å². The highest BCUT2D eigenvalue weighted by molar-refractivity contribution is 7.13. The van der Waals surface area contributed by atoms with Crippen LogP contribution in [-0.4, -0.2) is 48.1 Å². The number of amides is 2. The molecule has 1 aliphatic heterocycles. The number of carbonyl (C=O) groups excluding carboxylic acids is 2. The van der Waals surface area contributed by atoms with E-state index >= 15 is 0 Å². The highest BCUT2D eigenvalue weighted by atomic mass is 35.5. The van der Waals surface area contributed by atoms with E-state index in [1.54, 1.807) is 29.8 Å². The van der Waals surface area contributed by atoms with Gasteiger partial charge >= 0.3 is 0 Å². The number of morpholine rings is 1. The molecule has 1 fully saturated rings. The van der Waals surface area contributed by atoms with Crippen molar-refractivity contribution >= 4 is 51.5 Å². The monoisotopic (exact) mass is 495 g/mol. The summed E-state index contributed by atoms with van der Waals surface area (Å²) in [5.41, 5.74) is 5.66. The molecule has 4 rings (SSSR count). The lowest BCUT2D eigenvalue weighted by atomic mass is 10.2. The standard InChI is InChI=1S/C20H19Cl2N5O4S/c21-12-1-2-13(14(22)9-12)16-10-23-18(31-16)4-3-17(28)25-26-19(29)15-11-32-20(24-15)27-5-7-30-8-6-27/h1-2,9-11H,3-8H2,(H,25,28)(H,26,29). The second-order valence-electron chi connectivity index (χ2n) is 6.86. The highest BCUT2D eigenvalue weighted by Crippen LogP contribution is 2.30. The van der Waals surface area contributed by atoms with Crippen LogP contribution in [0.1, 0.15) is 22.8 Å². The first-order chi connectivity index (χ1) is 15.5. The Bertz CT molecular complexity index is 1110. The van der Waals surface area contributed by atoms with E-state index in [-0.39, 0.29) is 24.4 Å². The number of hydrogen-bond acceptors (Lipinski definition) is 8. The molecule has 0 spiro atoms. The van der Waals surface area contributed by atoms with Gasteiger partial charge in [0.05, 0.1) is 24.4 Å². The Kier molecular flexibility index (Phi) is 7.26. The molecule has 0 unspecified atom stereocenters. The van der Waals surface area contributed by atoms with Crippen LogP contribution in [0.15, 0.2) is 34.2 Å². The van der Waals surface area contributed by atoms with Gasteiger partial charge < -0.3 is 14.1 Å². The summed E-state index contributed by atoms with van der Waals surface area (Å²) < 4.78 is 11.0. The summed E-state index contributed by atoms with van der Waals surface area (Å²) in [5, 5.41) is 3.37. The number of nitrogens with one attached hydrogen (secondary N) is 2. The molecule has 0 atom stereocenters. The van der Waals surface area contributed by atoms with Gasteiger partial charge in [-0.15, -0.1) is 11.3 Å². The van der Waals surface area contributed by atoms with E-state index in [4.69, 9.17) is 32.4 Å². The van der Waals surface area contributed by atoms with Crippen LogP contribution in [0.25, 0.3) is 11.3 Å². The van der Waals surface area contributed by atoms with Crippen LogP contribution in [0.2, 0.25) is 10.0 Å². The number of aryl methyl sites for hydroxylation is 1. The minimum absolute atomic E-state index is 0.0741. The van der Waals surface area contributed by atoms with Crippen LogP contribution in [0, 0.1) is 0 Å². The van der Waals surface area contributed by atoms with Crippen LogP contribution < -0.4 is 15.8 Å². The van der Waals surface area contributed by atoms with Gasteiger partial charge in [-0.25, -0.2) is 9.97 Å². The summed E-state index contributed by atoms with van der Waals surface area (Å²) in [5.74, 6) is -0.00622. The molecule has 1 aromatic carbocycles. The molecule has 0 saturated carbocycles. The zero-order chi connectivity index (χ0) is 22.5. The van der Waals surface area contributed by atoms with Crippen molar-refractivity contribution in [3.05, 3.63) is 51.4 Å². The van der Waals surface area contributed by atoms with Crippen molar-refractivity contribution in [2.24, 2.45) is 0 Å². The maximum atomic E-state index is 12.3. The zero-order valence-electron chi connectivity index (χ0n) is 16.8. The lowest BCUT2D eigenvalue weighted by Crippen LogP contribution is -2.42. The minimum Gasteiger partial charge on any atom is -0.441 e. The molecule has 0 bridgehead atoms. The number of oxazole rings is 1. The smallest absolute Gasteiger partial charge is 0.289 e. The summed E-state index contributed by atoms with van der Waals surface area (Å²) in [6.07, 6.45) is 1.87. The van der Waals surface area contributed by atoms with Gasteiger partial charge in [0.2, 0.25) is 5.91 Å². The van der Waals surface area contributed by atoms with Gasteiger partial charge in [0.25, 0.3) is 5.91 Å². The van der Waals surface area contributed by atoms with Crippen LogP contribution in [0.4, 0.5) is 5.13 Å². The van der Waals surface area contributed by atoms with E-state index in [0.717, 1.165) is 18.2 Å². The Morgan fingerprint density at radius 1 is 1.19 bits per heavy atom. The Hall–Kier alpha value is -2.66. The van der Waals surface area contributed by atoms with E-state index in [0.29, 0.717) is 40.5 Å². The topological polar surface area (TPSA) is 110 Å². The van der Waals surface area contributed by atoms with E-state index in [1.807, 2.05) is 0 Å². The van der Waals surface area contributed by atoms with Crippen molar-refractivity contribution in [3.63, 3.8) is 0 Å². The third-order valence-electron chi connectivity index (χ3n) is 4.64. The van der Waals surface area contributed by atoms with Gasteiger partial charge in [-0.2, -0.15) is 0 Å². The molecule has 12 heteroatoms. The summed E-state index contributed by atoms with van der Waals surface area (Å²) in [4.78, 5) is 34.9. The molecule has 32 heavy (non-hydrogen) atoms. The molecular weight excluding hydrogens is 477 g/mol. The van der Waals surface area contributed by atoms with E-state index in [1.165, 1.54) is 11.3 Å². The van der Waals surface area contributed by atoms with Crippen LogP contribution in [-0.2, 0) is 16.0 Å². The number of rotatable bonds is 6. The number of halogens is 2. The molecule has 2 amide bonds. The van der Waals surface area contributed by atoms with Gasteiger partial charge in [0.1, 0.15) is 5.69 Å². The number of aromatic nitrogens is 2. The Morgan fingerprint density at radius 2 is 2.00 bits per heavy atom. The fourth-order valence-corrected chi connectivity index (χ4v) is 4.34. The van der Waals surface area contributed by atoms with Crippen molar-refractivity contribution in [1.29, 1.82) is 0 Å². The Balaban J connectivity index is 1.24. The maximum Gasteiger partial charge on any atom is 0.289 e. The summed E-state index contributed by atoms with van der Waals surface area (Å²) in [6, 6.07) is 5.05. The predicted octanol–water partition coefficient (Wildman–Crippen LogP) is 3.34. The maximum absolute atomic E-state index is 12.3. The summed E-state index contributed by atoms with van der Waals surface area (Å²) in [6.45, 7) is 2.74. The molecule has 2 N–H and O–H groups in total. The van der Waals surface area contributed by atoms with E-state index in [9.17, 15) is 9.59 Å². The highest BCUT2D eigenvalue weighted by Gasteiger charge is 2.18. The predicted molar refractivity (Wildman–Crippen MR) is 121 cm³/mol. The van der Waals surface area contributed by atoms with Crippen LogP contribution in [0.5, 0.6) is 0 Å². The molecule has 3 aromatic rings. The normalized spacial score (nSPS) is 13.8. The van der Waals surface area contributed by atoms with Gasteiger partial charge in [0, 0.05) is 41.9 Å². The van der Waals surface area contributed by atoms with E-state index < -0.39 is 5.91 Å². The quantitative estimate of drug-likeness (QED) is 0.504. The van der Waals surface area contributed by atoms with Crippen molar-refractivity contribution in [2.45, 2.75) is 12.8 Å². The molecule has 0 aliphatic carbocycles. The lowest BCUT2D eigenvalue weighted by molar-refractivity contribution is -0.121. The second kappa shape index (κ2) is 10.3. The number of carbonyl (C=O) groups is 2. The second-order valence-corrected chi connectivity index (χ2v) is 8.54. The number of hydrazine groups is 1. The fourth-order valence-electron chi connectivity index (χ4n) is 2.98. The Morgan fingerprint density at radius 3 is 2.78 bits per heavy atom. The van der Waals surface area contributed by atoms with Gasteiger partial charge in [0.15, 0.2) is 16.8 Å². The van der Waals surface area contributed by atoms with Gasteiger partial charge in [-0.1, -0.05) is 23.2 Å². The molecule has 1 saturated heterocycles. The first-order valence-corrected chi connectivity index (χ1v) is 11.4. The third-order valence-corrected chi connectivity index (χ3v) is 6.09.